The van der Waals surface area contributed by atoms with Crippen molar-refractivity contribution in [3.8, 4) is 0 Å². The standard InChI is InChI=1S/C13H25N3O2S/c1-9(12-10(2)15-16(6)11(12)3)14-8-13(4,5)19(7,17)18/h9,14H,8H2,1-7H3. The number of nitrogens with one attached hydrogen (secondary N) is 1. The van der Waals surface area contributed by atoms with Gasteiger partial charge in [-0.1, -0.05) is 0 Å². The van der Waals surface area contributed by atoms with Crippen LogP contribution in [-0.4, -0.2) is 35.7 Å². The first-order valence-electron chi connectivity index (χ1n) is 6.40. The van der Waals surface area contributed by atoms with Crippen LogP contribution in [0, 0.1) is 13.8 Å². The number of aromatic nitrogens is 2. The minimum Gasteiger partial charge on any atom is -0.309 e. The van der Waals surface area contributed by atoms with E-state index in [1.165, 1.54) is 6.26 Å². The van der Waals surface area contributed by atoms with Crippen molar-refractivity contribution in [1.29, 1.82) is 0 Å². The largest absolute Gasteiger partial charge is 0.309 e. The Balaban J connectivity index is 2.85. The molecular formula is C13H25N3O2S. The summed E-state index contributed by atoms with van der Waals surface area (Å²) in [5.41, 5.74) is 3.23. The molecule has 0 aliphatic heterocycles. The summed E-state index contributed by atoms with van der Waals surface area (Å²) in [6, 6.07) is 0.0784. The molecule has 1 rings (SSSR count). The first kappa shape index (κ1) is 16.2. The van der Waals surface area contributed by atoms with Crippen molar-refractivity contribution in [2.24, 2.45) is 7.05 Å². The maximum Gasteiger partial charge on any atom is 0.153 e. The van der Waals surface area contributed by atoms with Crippen molar-refractivity contribution >= 4 is 9.84 Å². The Morgan fingerprint density at radius 3 is 2.26 bits per heavy atom. The summed E-state index contributed by atoms with van der Waals surface area (Å²) in [6.07, 6.45) is 1.28. The lowest BCUT2D eigenvalue weighted by molar-refractivity contribution is 0.487. The Labute approximate surface area is 116 Å². The van der Waals surface area contributed by atoms with E-state index in [2.05, 4.69) is 10.4 Å². The summed E-state index contributed by atoms with van der Waals surface area (Å²) in [4.78, 5) is 0. The lowest BCUT2D eigenvalue weighted by Gasteiger charge is -2.25. The second kappa shape index (κ2) is 5.25. The molecule has 1 atom stereocenters. The van der Waals surface area contributed by atoms with Crippen LogP contribution in [0.3, 0.4) is 0 Å². The normalized spacial score (nSPS) is 14.7. The zero-order valence-electron chi connectivity index (χ0n) is 12.9. The van der Waals surface area contributed by atoms with Crippen LogP contribution in [0.4, 0.5) is 0 Å². The lowest BCUT2D eigenvalue weighted by atomic mass is 10.1. The number of hydrogen-bond acceptors (Lipinski definition) is 4. The predicted octanol–water partition coefficient (Wildman–Crippen LogP) is 1.51. The van der Waals surface area contributed by atoms with E-state index >= 15 is 0 Å². The van der Waals surface area contributed by atoms with Crippen LogP contribution >= 0.6 is 0 Å². The molecule has 0 amide bonds. The van der Waals surface area contributed by atoms with Gasteiger partial charge < -0.3 is 5.32 Å². The van der Waals surface area contributed by atoms with E-state index in [0.717, 1.165) is 17.0 Å². The molecular weight excluding hydrogens is 262 g/mol. The minimum atomic E-state index is -3.08. The van der Waals surface area contributed by atoms with Gasteiger partial charge in [0.15, 0.2) is 9.84 Å². The van der Waals surface area contributed by atoms with Gasteiger partial charge in [-0.05, 0) is 34.6 Å². The SMILES string of the molecule is Cc1nn(C)c(C)c1C(C)NCC(C)(C)S(C)(=O)=O. The van der Waals surface area contributed by atoms with Gasteiger partial charge in [-0.15, -0.1) is 0 Å². The molecule has 5 nitrogen and oxygen atoms in total. The minimum absolute atomic E-state index is 0.0784. The Morgan fingerprint density at radius 2 is 1.89 bits per heavy atom. The molecule has 6 heteroatoms. The average molecular weight is 287 g/mol. The quantitative estimate of drug-likeness (QED) is 0.891. The highest BCUT2D eigenvalue weighted by atomic mass is 32.2. The summed E-state index contributed by atoms with van der Waals surface area (Å²) < 4.78 is 24.4. The summed E-state index contributed by atoms with van der Waals surface area (Å²) in [5.74, 6) is 0. The topological polar surface area (TPSA) is 64.0 Å². The van der Waals surface area contributed by atoms with Crippen LogP contribution in [0.2, 0.25) is 0 Å². The molecule has 0 radical (unpaired) electrons. The molecule has 0 aliphatic rings. The van der Waals surface area contributed by atoms with Crippen LogP contribution in [0.5, 0.6) is 0 Å². The van der Waals surface area contributed by atoms with Crippen molar-refractivity contribution in [3.05, 3.63) is 17.0 Å². The van der Waals surface area contributed by atoms with Gasteiger partial charge in [0.1, 0.15) is 0 Å². The first-order valence-corrected chi connectivity index (χ1v) is 8.29. The van der Waals surface area contributed by atoms with E-state index in [-0.39, 0.29) is 6.04 Å². The highest BCUT2D eigenvalue weighted by molar-refractivity contribution is 7.92. The molecule has 1 unspecified atom stereocenters. The predicted molar refractivity (Wildman–Crippen MR) is 78.0 cm³/mol. The zero-order chi connectivity index (χ0) is 15.0. The van der Waals surface area contributed by atoms with E-state index in [9.17, 15) is 8.42 Å². The van der Waals surface area contributed by atoms with Crippen LogP contribution in [0.15, 0.2) is 0 Å². The van der Waals surface area contributed by atoms with Crippen LogP contribution in [-0.2, 0) is 16.9 Å². The monoisotopic (exact) mass is 287 g/mol. The van der Waals surface area contributed by atoms with Gasteiger partial charge in [0.2, 0.25) is 0 Å². The second-order valence-corrected chi connectivity index (χ2v) is 8.49. The van der Waals surface area contributed by atoms with Crippen molar-refractivity contribution in [2.45, 2.75) is 45.4 Å². The van der Waals surface area contributed by atoms with E-state index in [0.29, 0.717) is 6.54 Å². The summed E-state index contributed by atoms with van der Waals surface area (Å²) in [5, 5.41) is 7.69. The van der Waals surface area contributed by atoms with E-state index in [1.54, 1.807) is 13.8 Å². The van der Waals surface area contributed by atoms with Crippen molar-refractivity contribution in [2.75, 3.05) is 12.8 Å². The first-order chi connectivity index (χ1) is 8.47. The fraction of sp³-hybridized carbons (Fsp3) is 0.769. The molecule has 1 heterocycles. The van der Waals surface area contributed by atoms with Gasteiger partial charge >= 0.3 is 0 Å². The number of aryl methyl sites for hydroxylation is 2. The van der Waals surface area contributed by atoms with E-state index in [4.69, 9.17) is 0 Å². The molecule has 0 aliphatic carbocycles. The molecule has 0 spiro atoms. The number of rotatable bonds is 5. The maximum atomic E-state index is 11.7. The maximum absolute atomic E-state index is 11.7. The summed E-state index contributed by atoms with van der Waals surface area (Å²) in [7, 11) is -1.16. The van der Waals surface area contributed by atoms with Crippen LogP contribution in [0.1, 0.15) is 43.8 Å². The summed E-state index contributed by atoms with van der Waals surface area (Å²) in [6.45, 7) is 9.93. The average Bonchev–Trinajstić information content (AvgIpc) is 2.48. The lowest BCUT2D eigenvalue weighted by Crippen LogP contribution is -2.42. The molecule has 1 aromatic rings. The van der Waals surface area contributed by atoms with E-state index in [1.807, 2.05) is 32.5 Å². The molecule has 1 N–H and O–H groups in total. The fourth-order valence-electron chi connectivity index (χ4n) is 2.05. The molecule has 0 fully saturated rings. The van der Waals surface area contributed by atoms with Gasteiger partial charge in [-0.25, -0.2) is 8.42 Å². The Morgan fingerprint density at radius 1 is 1.37 bits per heavy atom. The Hall–Kier alpha value is -0.880. The highest BCUT2D eigenvalue weighted by Crippen LogP contribution is 2.22. The van der Waals surface area contributed by atoms with Crippen LogP contribution < -0.4 is 5.32 Å². The molecule has 0 aromatic carbocycles. The smallest absolute Gasteiger partial charge is 0.153 e. The third-order valence-corrected chi connectivity index (χ3v) is 5.99. The molecule has 1 aromatic heterocycles. The van der Waals surface area contributed by atoms with Crippen molar-refractivity contribution < 1.29 is 8.42 Å². The molecule has 0 bridgehead atoms. The fourth-order valence-corrected chi connectivity index (χ4v) is 2.39. The molecule has 0 saturated carbocycles. The van der Waals surface area contributed by atoms with E-state index < -0.39 is 14.6 Å². The summed E-state index contributed by atoms with van der Waals surface area (Å²) >= 11 is 0. The van der Waals surface area contributed by atoms with Gasteiger partial charge in [0, 0.05) is 37.1 Å². The van der Waals surface area contributed by atoms with Gasteiger partial charge in [0.25, 0.3) is 0 Å². The van der Waals surface area contributed by atoms with Crippen molar-refractivity contribution in [3.63, 3.8) is 0 Å². The number of hydrogen-bond donors (Lipinski definition) is 1. The Kier molecular flexibility index (Phi) is 4.47. The second-order valence-electron chi connectivity index (χ2n) is 5.84. The third-order valence-electron chi connectivity index (χ3n) is 3.84. The Bertz CT molecular complexity index is 559. The molecule has 19 heavy (non-hydrogen) atoms. The molecule has 110 valence electrons. The number of nitrogens with zero attached hydrogens (tertiary/aromatic N) is 2. The highest BCUT2D eigenvalue weighted by Gasteiger charge is 2.30. The van der Waals surface area contributed by atoms with Gasteiger partial charge in [-0.3, -0.25) is 4.68 Å². The van der Waals surface area contributed by atoms with Crippen LogP contribution in [0.25, 0.3) is 0 Å². The molecule has 0 saturated heterocycles. The van der Waals surface area contributed by atoms with Gasteiger partial charge in [0.05, 0.1) is 10.4 Å². The zero-order valence-corrected chi connectivity index (χ0v) is 13.7. The number of sulfone groups is 1. The van der Waals surface area contributed by atoms with Crippen molar-refractivity contribution in [1.82, 2.24) is 15.1 Å². The third kappa shape index (κ3) is 3.36. The van der Waals surface area contributed by atoms with Gasteiger partial charge in [-0.2, -0.15) is 5.10 Å².